The molecule has 0 bridgehead atoms. The van der Waals surface area contributed by atoms with E-state index in [1.54, 1.807) is 0 Å². The smallest absolute Gasteiger partial charge is 1.00 e. The summed E-state index contributed by atoms with van der Waals surface area (Å²) in [6.07, 6.45) is 0. The standard InChI is InChI=1S/CO.ClH.Na.Ni/c1-2;;;/h;1H;;/q;;+1;/p-1. The molecule has 0 unspecified atom stereocenters. The normalized spacial score (nSPS) is 2.00. The Morgan fingerprint density at radius 1 is 1.60 bits per heavy atom. The fourth-order valence-corrected chi connectivity index (χ4v) is 0. The molecular weight excluding hydrogens is 145 g/mol. The topological polar surface area (TPSA) is 17.1 Å². The molecule has 0 saturated carbocycles. The number of halogens is 1. The molecule has 0 aliphatic rings. The Morgan fingerprint density at radius 3 is 1.60 bits per heavy atom. The molecule has 28 valence electrons. The largest absolute Gasteiger partial charge is 1.00 e. The summed E-state index contributed by atoms with van der Waals surface area (Å²) < 4.78 is 0. The van der Waals surface area contributed by atoms with Crippen molar-refractivity contribution in [3.63, 3.8) is 0 Å². The summed E-state index contributed by atoms with van der Waals surface area (Å²) in [7, 11) is 0. The van der Waals surface area contributed by atoms with Gasteiger partial charge in [-0.2, -0.15) is 0 Å². The van der Waals surface area contributed by atoms with E-state index >= 15 is 0 Å². The molecule has 0 heterocycles. The van der Waals surface area contributed by atoms with Crippen LogP contribution >= 0.6 is 0 Å². The molecule has 4 heteroatoms. The van der Waals surface area contributed by atoms with E-state index in [1.165, 1.54) is 0 Å². The van der Waals surface area contributed by atoms with Crippen molar-refractivity contribution in [1.29, 1.82) is 0 Å². The first kappa shape index (κ1) is 16.2. The van der Waals surface area contributed by atoms with Gasteiger partial charge in [0, 0.05) is 0 Å². The van der Waals surface area contributed by atoms with E-state index in [1.807, 2.05) is 0 Å². The molecule has 0 spiro atoms. The van der Waals surface area contributed by atoms with Crippen LogP contribution in [-0.2, 0) is 19.8 Å². The number of hydrogen-bond acceptors (Lipinski definition) is 1. The third kappa shape index (κ3) is 32.6. The molecular formula is CClNaNiO. The maximum Gasteiger partial charge on any atom is 1.00 e. The predicted molar refractivity (Wildman–Crippen MR) is 5.69 cm³/mol. The first-order valence-corrected chi connectivity index (χ1v) is 0.856. The Bertz CT molecular complexity index is 32.6. The first-order valence-electron chi connectivity index (χ1n) is 0.362. The Balaban J connectivity index is -0.0000000200. The minimum Gasteiger partial charge on any atom is -1.00 e. The van der Waals surface area contributed by atoms with Crippen LogP contribution in [0.5, 0.6) is 0 Å². The van der Waals surface area contributed by atoms with Crippen molar-refractivity contribution in [2.45, 2.75) is 0 Å². The van der Waals surface area contributed by atoms with Crippen LogP contribution < -0.4 is 42.0 Å². The maximum atomic E-state index is 8.51. The van der Waals surface area contributed by atoms with Crippen molar-refractivity contribution in [1.82, 2.24) is 0 Å². The summed E-state index contributed by atoms with van der Waals surface area (Å²) in [5, 5.41) is 0. The Morgan fingerprint density at radius 2 is 1.60 bits per heavy atom. The third-order valence-corrected chi connectivity index (χ3v) is 0. The average Bonchev–Trinajstić information content (AvgIpc) is 0.918. The predicted octanol–water partition coefficient (Wildman–Crippen LogP) is -6.39. The minimum atomic E-state index is 0. The van der Waals surface area contributed by atoms with Crippen LogP contribution in [0.3, 0.4) is 0 Å². The maximum absolute atomic E-state index is 8.51. The van der Waals surface area contributed by atoms with Gasteiger partial charge in [0.25, 0.3) is 0 Å². The van der Waals surface area contributed by atoms with Crippen molar-refractivity contribution < 1.29 is 61.8 Å². The average molecular weight is 145 g/mol. The van der Waals surface area contributed by atoms with Gasteiger partial charge >= 0.3 is 54.2 Å². The molecule has 0 amide bonds. The van der Waals surface area contributed by atoms with Gasteiger partial charge in [0.05, 0.1) is 0 Å². The van der Waals surface area contributed by atoms with Crippen LogP contribution in [0.1, 0.15) is 0 Å². The van der Waals surface area contributed by atoms with E-state index in [4.69, 9.17) is 4.79 Å². The van der Waals surface area contributed by atoms with Crippen LogP contribution in [0.4, 0.5) is 0 Å². The molecule has 0 aliphatic heterocycles. The van der Waals surface area contributed by atoms with E-state index in [0.29, 0.717) is 0 Å². The molecule has 0 aromatic carbocycles. The van der Waals surface area contributed by atoms with Crippen LogP contribution in [0.25, 0.3) is 0 Å². The summed E-state index contributed by atoms with van der Waals surface area (Å²) in [6.45, 7) is 0. The zero-order chi connectivity index (χ0) is 2.71. The molecule has 5 heavy (non-hydrogen) atoms. The van der Waals surface area contributed by atoms with Gasteiger partial charge in [0.15, 0.2) is 0 Å². The summed E-state index contributed by atoms with van der Waals surface area (Å²) in [6, 6.07) is 0. The van der Waals surface area contributed by atoms with Crippen molar-refractivity contribution in [3.8, 4) is 0 Å². The molecule has 0 radical (unpaired) electrons. The molecule has 1 nitrogen and oxygen atoms in total. The summed E-state index contributed by atoms with van der Waals surface area (Å²) in [4.78, 5) is 9.64. The zero-order valence-electron chi connectivity index (χ0n) is 2.60. The van der Waals surface area contributed by atoms with Gasteiger partial charge < -0.3 is 12.4 Å². The van der Waals surface area contributed by atoms with E-state index in [9.17, 15) is 0 Å². The quantitative estimate of drug-likeness (QED) is 0.310. The summed E-state index contributed by atoms with van der Waals surface area (Å²) in [5.41, 5.74) is 0. The van der Waals surface area contributed by atoms with Crippen LogP contribution in [0.2, 0.25) is 0 Å². The fourth-order valence-electron chi connectivity index (χ4n) is 0. The zero-order valence-corrected chi connectivity index (χ0v) is 6.35. The van der Waals surface area contributed by atoms with Crippen molar-refractivity contribution in [2.24, 2.45) is 0 Å². The fraction of sp³-hybridized carbons (Fsp3) is 0. The molecule has 0 aromatic rings. The van der Waals surface area contributed by atoms with E-state index in [2.05, 4.69) is 15.0 Å². The Hall–Kier alpha value is 1.36. The Labute approximate surface area is 66.1 Å². The second kappa shape index (κ2) is 18.3. The second-order valence-electron chi connectivity index (χ2n) is 0.0645. The van der Waals surface area contributed by atoms with Gasteiger partial charge in [-0.15, -0.1) is 0 Å². The molecule has 0 aromatic heterocycles. The molecule has 0 rings (SSSR count). The molecule has 0 aliphatic carbocycles. The van der Waals surface area contributed by atoms with Gasteiger partial charge in [-0.1, -0.05) is 0 Å². The summed E-state index contributed by atoms with van der Waals surface area (Å²) in [5.74, 6) is 0. The summed E-state index contributed by atoms with van der Waals surface area (Å²) >= 11 is 3.36. The molecule has 0 fully saturated rings. The Kier molecular flexibility index (Phi) is 59.2. The van der Waals surface area contributed by atoms with Crippen LogP contribution in [-0.4, -0.2) is 4.86 Å². The van der Waals surface area contributed by atoms with Gasteiger partial charge in [-0.3, -0.25) is 0 Å². The SMILES string of the molecule is O=[C]=[Ni].[Cl-].[Na+]. The molecule has 0 N–H and O–H groups in total. The monoisotopic (exact) mass is 144 g/mol. The van der Waals surface area contributed by atoms with Crippen molar-refractivity contribution in [3.05, 3.63) is 0 Å². The molecule has 0 saturated heterocycles. The van der Waals surface area contributed by atoms with Gasteiger partial charge in [-0.25, -0.2) is 0 Å². The number of carbonyl (C=O) groups excluding carboxylic acids is 1. The van der Waals surface area contributed by atoms with Crippen molar-refractivity contribution >= 4 is 4.86 Å². The first-order chi connectivity index (χ1) is 1.41. The second-order valence-corrected chi connectivity index (χ2v) is 0.266. The number of hydrogen-bond donors (Lipinski definition) is 0. The van der Waals surface area contributed by atoms with Gasteiger partial charge in [0.1, 0.15) is 0 Å². The van der Waals surface area contributed by atoms with Gasteiger partial charge in [0.2, 0.25) is 0 Å². The minimum absolute atomic E-state index is 0. The third-order valence-electron chi connectivity index (χ3n) is 0. The van der Waals surface area contributed by atoms with E-state index < -0.39 is 0 Å². The molecule has 0 atom stereocenters. The van der Waals surface area contributed by atoms with Gasteiger partial charge in [-0.05, 0) is 0 Å². The van der Waals surface area contributed by atoms with Crippen LogP contribution in [0.15, 0.2) is 0 Å². The van der Waals surface area contributed by atoms with Crippen molar-refractivity contribution in [2.75, 3.05) is 0 Å². The van der Waals surface area contributed by atoms with E-state index in [0.717, 1.165) is 4.86 Å². The van der Waals surface area contributed by atoms with E-state index in [-0.39, 0.29) is 42.0 Å². The number of rotatable bonds is 0. The van der Waals surface area contributed by atoms with Crippen LogP contribution in [0, 0.1) is 0 Å².